The normalized spacial score (nSPS) is 20.5. The molecular formula is C23H33N3O4S. The average Bonchev–Trinajstić information content (AvgIpc) is 2.66. The number of carbonyl (C=O) groups excluding carboxylic acids is 3. The second kappa shape index (κ2) is 8.37. The summed E-state index contributed by atoms with van der Waals surface area (Å²) in [5.41, 5.74) is 1.56. The Hall–Kier alpha value is -2.22. The molecule has 1 N–H and O–H groups in total. The molecule has 3 rings (SSSR count). The quantitative estimate of drug-likeness (QED) is 0.732. The van der Waals surface area contributed by atoms with E-state index < -0.39 is 10.3 Å². The van der Waals surface area contributed by atoms with Gasteiger partial charge in [0.25, 0.3) is 5.91 Å². The summed E-state index contributed by atoms with van der Waals surface area (Å²) in [4.78, 5) is 42.5. The third kappa shape index (κ3) is 5.17. The molecule has 7 nitrogen and oxygen atoms in total. The van der Waals surface area contributed by atoms with E-state index in [2.05, 4.69) is 5.32 Å². The van der Waals surface area contributed by atoms with E-state index in [-0.39, 0.29) is 23.9 Å². The largest absolute Gasteiger partial charge is 0.444 e. The molecule has 0 bridgehead atoms. The molecule has 1 fully saturated rings. The molecule has 170 valence electrons. The van der Waals surface area contributed by atoms with Gasteiger partial charge < -0.3 is 19.9 Å². The number of piperidine rings is 1. The maximum atomic E-state index is 13.3. The number of aryl methyl sites for hydroxylation is 1. The molecule has 1 aromatic rings. The number of hydrogen-bond acceptors (Lipinski definition) is 5. The fourth-order valence-corrected chi connectivity index (χ4v) is 4.96. The number of likely N-dealkylation sites (N-methyl/N-ethyl adjacent to an activating group) is 1. The average molecular weight is 448 g/mol. The van der Waals surface area contributed by atoms with Crippen LogP contribution >= 0.6 is 11.8 Å². The van der Waals surface area contributed by atoms with Crippen molar-refractivity contribution in [2.75, 3.05) is 25.5 Å². The number of likely N-dealkylation sites (tertiary alicyclic amines) is 1. The number of ether oxygens (including phenoxy) is 1. The summed E-state index contributed by atoms with van der Waals surface area (Å²) < 4.78 is 4.95. The Kier molecular flexibility index (Phi) is 6.33. The topological polar surface area (TPSA) is 79.0 Å². The Morgan fingerprint density at radius 3 is 2.61 bits per heavy atom. The van der Waals surface area contributed by atoms with Gasteiger partial charge in [-0.3, -0.25) is 9.59 Å². The van der Waals surface area contributed by atoms with Gasteiger partial charge in [-0.15, -0.1) is 11.8 Å². The summed E-state index contributed by atoms with van der Waals surface area (Å²) in [6.07, 6.45) is 1.30. The molecule has 0 spiro atoms. The monoisotopic (exact) mass is 447 g/mol. The zero-order chi connectivity index (χ0) is 23.1. The lowest BCUT2D eigenvalue weighted by molar-refractivity contribution is -0.117. The van der Waals surface area contributed by atoms with E-state index in [0.29, 0.717) is 24.3 Å². The number of benzene rings is 1. The highest BCUT2D eigenvalue weighted by atomic mass is 32.2. The molecule has 0 unspecified atom stereocenters. The Labute approximate surface area is 188 Å². The van der Waals surface area contributed by atoms with Crippen LogP contribution in [-0.2, 0) is 9.53 Å². The Morgan fingerprint density at radius 1 is 1.29 bits per heavy atom. The molecule has 0 saturated carbocycles. The smallest absolute Gasteiger partial charge is 0.410 e. The fraction of sp³-hybridized carbons (Fsp3) is 0.609. The van der Waals surface area contributed by atoms with Gasteiger partial charge in [0.2, 0.25) is 5.91 Å². The standard InChI is InChI=1S/C23H33N3O4S/c1-14-11-18-17(24-20(28)23(5,6)31-18)12-16(14)19(27)25(7)15-9-8-10-26(13-15)21(29)30-22(2,3)4/h11-12,15H,8-10,13H2,1-7H3,(H,24,28)/t15-/m1/s1. The summed E-state index contributed by atoms with van der Waals surface area (Å²) in [6.45, 7) is 12.3. The Balaban J connectivity index is 1.76. The van der Waals surface area contributed by atoms with E-state index in [0.717, 1.165) is 23.3 Å². The number of hydrogen-bond donors (Lipinski definition) is 1. The first-order valence-electron chi connectivity index (χ1n) is 10.7. The lowest BCUT2D eigenvalue weighted by Crippen LogP contribution is -2.51. The van der Waals surface area contributed by atoms with Gasteiger partial charge in [0.1, 0.15) is 5.60 Å². The molecular weight excluding hydrogens is 414 g/mol. The number of rotatable bonds is 2. The fourth-order valence-electron chi connectivity index (χ4n) is 3.81. The Bertz CT molecular complexity index is 907. The molecule has 0 aliphatic carbocycles. The minimum absolute atomic E-state index is 0.0686. The van der Waals surface area contributed by atoms with Crippen LogP contribution in [0.3, 0.4) is 0 Å². The molecule has 1 atom stereocenters. The first kappa shape index (κ1) is 23.4. The zero-order valence-corrected chi connectivity index (χ0v) is 20.3. The van der Waals surface area contributed by atoms with Crippen molar-refractivity contribution < 1.29 is 19.1 Å². The van der Waals surface area contributed by atoms with E-state index >= 15 is 0 Å². The third-order valence-corrected chi connectivity index (χ3v) is 6.89. The molecule has 0 aromatic heterocycles. The van der Waals surface area contributed by atoms with Crippen LogP contribution in [0.5, 0.6) is 0 Å². The second-order valence-corrected chi connectivity index (χ2v) is 11.5. The molecule has 2 aliphatic rings. The van der Waals surface area contributed by atoms with E-state index in [1.54, 1.807) is 22.9 Å². The highest BCUT2D eigenvalue weighted by molar-refractivity contribution is 8.01. The van der Waals surface area contributed by atoms with E-state index in [1.807, 2.05) is 47.6 Å². The van der Waals surface area contributed by atoms with Crippen LogP contribution in [0.1, 0.15) is 63.4 Å². The molecule has 1 aromatic carbocycles. The summed E-state index contributed by atoms with van der Waals surface area (Å²) in [6, 6.07) is 3.65. The number of thioether (sulfide) groups is 1. The van der Waals surface area contributed by atoms with Crippen molar-refractivity contribution in [3.05, 3.63) is 23.3 Å². The molecule has 8 heteroatoms. The molecule has 2 aliphatic heterocycles. The van der Waals surface area contributed by atoms with Crippen molar-refractivity contribution in [3.8, 4) is 0 Å². The van der Waals surface area contributed by atoms with Crippen LogP contribution in [0.25, 0.3) is 0 Å². The van der Waals surface area contributed by atoms with Gasteiger partial charge in [0, 0.05) is 36.6 Å². The predicted octanol–water partition coefficient (Wildman–Crippen LogP) is 4.29. The highest BCUT2D eigenvalue weighted by Crippen LogP contribution is 2.43. The predicted molar refractivity (Wildman–Crippen MR) is 123 cm³/mol. The summed E-state index contributed by atoms with van der Waals surface area (Å²) in [5, 5.41) is 2.93. The third-order valence-electron chi connectivity index (χ3n) is 5.63. The van der Waals surface area contributed by atoms with Crippen LogP contribution in [0.4, 0.5) is 10.5 Å². The van der Waals surface area contributed by atoms with Crippen molar-refractivity contribution in [2.24, 2.45) is 0 Å². The first-order valence-corrected chi connectivity index (χ1v) is 11.5. The lowest BCUT2D eigenvalue weighted by Gasteiger charge is -2.38. The van der Waals surface area contributed by atoms with Crippen molar-refractivity contribution in [1.29, 1.82) is 0 Å². The van der Waals surface area contributed by atoms with Crippen molar-refractivity contribution >= 4 is 35.4 Å². The van der Waals surface area contributed by atoms with Gasteiger partial charge in [0.15, 0.2) is 0 Å². The van der Waals surface area contributed by atoms with Crippen molar-refractivity contribution in [1.82, 2.24) is 9.80 Å². The minimum atomic E-state index is -0.553. The van der Waals surface area contributed by atoms with E-state index in [1.165, 1.54) is 11.8 Å². The van der Waals surface area contributed by atoms with E-state index in [9.17, 15) is 14.4 Å². The van der Waals surface area contributed by atoms with Gasteiger partial charge in [0.05, 0.1) is 10.4 Å². The van der Waals surface area contributed by atoms with Gasteiger partial charge in [-0.25, -0.2) is 4.79 Å². The summed E-state index contributed by atoms with van der Waals surface area (Å²) in [5.74, 6) is -0.179. The van der Waals surface area contributed by atoms with Crippen LogP contribution in [0.2, 0.25) is 0 Å². The number of fused-ring (bicyclic) bond motifs is 1. The van der Waals surface area contributed by atoms with Crippen LogP contribution < -0.4 is 5.32 Å². The lowest BCUT2D eigenvalue weighted by atomic mass is 10.0. The van der Waals surface area contributed by atoms with E-state index in [4.69, 9.17) is 4.74 Å². The number of amides is 3. The molecule has 31 heavy (non-hydrogen) atoms. The first-order chi connectivity index (χ1) is 14.3. The number of anilines is 1. The number of carbonyl (C=O) groups is 3. The van der Waals surface area contributed by atoms with Gasteiger partial charge >= 0.3 is 6.09 Å². The SMILES string of the molecule is Cc1cc2c(cc1C(=O)N(C)[C@@H]1CCCN(C(=O)OC(C)(C)C)C1)NC(=O)C(C)(C)S2. The van der Waals surface area contributed by atoms with Crippen LogP contribution in [-0.4, -0.2) is 64.2 Å². The highest BCUT2D eigenvalue weighted by Gasteiger charge is 2.36. The van der Waals surface area contributed by atoms with Crippen LogP contribution in [0, 0.1) is 6.92 Å². The molecule has 0 radical (unpaired) electrons. The second-order valence-electron chi connectivity index (χ2n) is 9.87. The number of nitrogens with zero attached hydrogens (tertiary/aromatic N) is 2. The van der Waals surface area contributed by atoms with Gasteiger partial charge in [-0.1, -0.05) is 0 Å². The summed E-state index contributed by atoms with van der Waals surface area (Å²) in [7, 11) is 1.78. The molecule has 3 amide bonds. The molecule has 1 saturated heterocycles. The van der Waals surface area contributed by atoms with Crippen molar-refractivity contribution in [2.45, 2.75) is 75.7 Å². The Morgan fingerprint density at radius 2 is 1.97 bits per heavy atom. The van der Waals surface area contributed by atoms with Gasteiger partial charge in [-0.2, -0.15) is 0 Å². The summed E-state index contributed by atoms with van der Waals surface area (Å²) >= 11 is 1.51. The zero-order valence-electron chi connectivity index (χ0n) is 19.5. The van der Waals surface area contributed by atoms with Crippen LogP contribution in [0.15, 0.2) is 17.0 Å². The maximum absolute atomic E-state index is 13.3. The minimum Gasteiger partial charge on any atom is -0.444 e. The number of nitrogens with one attached hydrogen (secondary N) is 1. The van der Waals surface area contributed by atoms with Gasteiger partial charge in [-0.05, 0) is 72.1 Å². The van der Waals surface area contributed by atoms with Crippen molar-refractivity contribution in [3.63, 3.8) is 0 Å². The molecule has 2 heterocycles. The maximum Gasteiger partial charge on any atom is 0.410 e.